The predicted molar refractivity (Wildman–Crippen MR) is 280 cm³/mol. The van der Waals surface area contributed by atoms with Crippen LogP contribution in [-0.4, -0.2) is 9.13 Å². The number of benzene rings is 8. The van der Waals surface area contributed by atoms with E-state index in [0.717, 1.165) is 59.8 Å². The van der Waals surface area contributed by atoms with Gasteiger partial charge in [0.25, 0.3) is 0 Å². The molecule has 2 heterocycles. The molecule has 4 nitrogen and oxygen atoms in total. The first-order valence-electron chi connectivity index (χ1n) is 23.6. The van der Waals surface area contributed by atoms with Crippen molar-refractivity contribution < 1.29 is 0 Å². The van der Waals surface area contributed by atoms with Crippen LogP contribution < -0.4 is 9.80 Å². The van der Waals surface area contributed by atoms with E-state index in [4.69, 9.17) is 0 Å². The van der Waals surface area contributed by atoms with E-state index >= 15 is 0 Å². The summed E-state index contributed by atoms with van der Waals surface area (Å²) in [7, 11) is 0. The van der Waals surface area contributed by atoms with Crippen LogP contribution in [0.15, 0.2) is 206 Å². The normalized spacial score (nSPS) is 14.5. The van der Waals surface area contributed by atoms with E-state index in [1.807, 2.05) is 0 Å². The lowest BCUT2D eigenvalue weighted by molar-refractivity contribution is 0.460. The minimum Gasteiger partial charge on any atom is -0.341 e. The lowest BCUT2D eigenvalue weighted by atomic mass is 9.99. The summed E-state index contributed by atoms with van der Waals surface area (Å²) < 4.78 is 5.06. The Kier molecular flexibility index (Phi) is 10.0. The van der Waals surface area contributed by atoms with Crippen molar-refractivity contribution in [3.63, 3.8) is 0 Å². The van der Waals surface area contributed by atoms with Gasteiger partial charge in [0.2, 0.25) is 0 Å². The van der Waals surface area contributed by atoms with Crippen LogP contribution >= 0.6 is 0 Å². The standard InChI is InChI=1S/C62H52N4/c1-43-21-29-49(30-22-43)63(53-37-39-61-57(41-53)55-17-9-11-19-59(55)65(61)47-13-5-3-6-14-47)51-33-25-45(26-34-51)46-27-35-52(36-28-46)64(50-31-23-44(2)24-32-50)54-38-40-62-58(42-54)56-18-10-12-20-60(56)66(62)48-15-7-4-8-16-48/h3-7,9-11,13-14,17-19,21-42,48H,8,12,15-16,20H2,1-2H3. The molecule has 0 radical (unpaired) electrons. The number of aryl methyl sites for hydroxylation is 2. The summed E-state index contributed by atoms with van der Waals surface area (Å²) in [5.74, 6) is 0. The summed E-state index contributed by atoms with van der Waals surface area (Å²) in [4.78, 5) is 4.79. The zero-order valence-corrected chi connectivity index (χ0v) is 37.6. The molecule has 66 heavy (non-hydrogen) atoms. The van der Waals surface area contributed by atoms with Crippen LogP contribution in [0.1, 0.15) is 54.1 Å². The second-order valence-corrected chi connectivity index (χ2v) is 18.1. The highest BCUT2D eigenvalue weighted by Crippen LogP contribution is 2.44. The third-order valence-electron chi connectivity index (χ3n) is 13.9. The van der Waals surface area contributed by atoms with E-state index in [9.17, 15) is 0 Å². The number of anilines is 6. The fourth-order valence-corrected chi connectivity index (χ4v) is 10.7. The minimum absolute atomic E-state index is 0.517. The molecule has 0 fully saturated rings. The molecule has 1 atom stereocenters. The molecule has 12 rings (SSSR count). The predicted octanol–water partition coefficient (Wildman–Crippen LogP) is 17.2. The lowest BCUT2D eigenvalue weighted by Crippen LogP contribution is -2.14. The number of para-hydroxylation sites is 2. The molecule has 10 aromatic rings. The van der Waals surface area contributed by atoms with Gasteiger partial charge in [0.1, 0.15) is 0 Å². The third kappa shape index (κ3) is 7.01. The molecule has 0 N–H and O–H groups in total. The zero-order chi connectivity index (χ0) is 44.1. The van der Waals surface area contributed by atoms with Crippen molar-refractivity contribution in [3.05, 3.63) is 229 Å². The number of hydrogen-bond donors (Lipinski definition) is 0. The minimum atomic E-state index is 0.517. The molecule has 320 valence electrons. The first kappa shape index (κ1) is 39.7. The SMILES string of the molecule is Cc1ccc(N(c2ccc(-c3ccc(N(c4ccc(C)cc4)c4ccc5c(c4)c4ccccc4n5-c4ccccc4)cc3)cc2)c2ccc3c(c2)c2c(n3C3CC=CCC3)CCC=C2)cc1. The topological polar surface area (TPSA) is 16.3 Å². The molecule has 0 saturated carbocycles. The van der Waals surface area contributed by atoms with E-state index in [1.165, 1.54) is 78.3 Å². The Morgan fingerprint density at radius 1 is 0.439 bits per heavy atom. The molecular weight excluding hydrogens is 801 g/mol. The molecule has 0 aliphatic heterocycles. The Labute approximate surface area is 387 Å². The largest absolute Gasteiger partial charge is 0.341 e. The van der Waals surface area contributed by atoms with Gasteiger partial charge in [-0.3, -0.25) is 0 Å². The smallest absolute Gasteiger partial charge is 0.0542 e. The monoisotopic (exact) mass is 852 g/mol. The van der Waals surface area contributed by atoms with E-state index < -0.39 is 0 Å². The number of allylic oxidation sites excluding steroid dienone is 3. The third-order valence-corrected chi connectivity index (χ3v) is 13.9. The van der Waals surface area contributed by atoms with E-state index in [2.05, 4.69) is 245 Å². The maximum atomic E-state index is 2.68. The van der Waals surface area contributed by atoms with Crippen LogP contribution in [0.3, 0.4) is 0 Å². The lowest BCUT2D eigenvalue weighted by Gasteiger charge is -2.27. The molecular formula is C62H52N4. The van der Waals surface area contributed by atoms with Crippen LogP contribution in [0.25, 0.3) is 55.6 Å². The maximum Gasteiger partial charge on any atom is 0.0542 e. The van der Waals surface area contributed by atoms with Crippen molar-refractivity contribution >= 4 is 72.9 Å². The van der Waals surface area contributed by atoms with Gasteiger partial charge in [0.15, 0.2) is 0 Å². The molecule has 2 aliphatic rings. The first-order chi connectivity index (χ1) is 32.6. The fourth-order valence-electron chi connectivity index (χ4n) is 10.7. The molecule has 2 aliphatic carbocycles. The van der Waals surface area contributed by atoms with Crippen molar-refractivity contribution in [2.24, 2.45) is 0 Å². The summed E-state index contributed by atoms with van der Waals surface area (Å²) in [6.07, 6.45) is 15.1. The van der Waals surface area contributed by atoms with Crippen molar-refractivity contribution in [3.8, 4) is 16.8 Å². The number of nitrogens with zero attached hydrogens (tertiary/aromatic N) is 4. The average Bonchev–Trinajstić information content (AvgIpc) is 3.89. The van der Waals surface area contributed by atoms with Gasteiger partial charge in [-0.2, -0.15) is 0 Å². The zero-order valence-electron chi connectivity index (χ0n) is 37.6. The van der Waals surface area contributed by atoms with Gasteiger partial charge in [-0.1, -0.05) is 120 Å². The number of hydrogen-bond acceptors (Lipinski definition) is 2. The first-order valence-corrected chi connectivity index (χ1v) is 23.6. The van der Waals surface area contributed by atoms with E-state index in [-0.39, 0.29) is 0 Å². The maximum absolute atomic E-state index is 2.68. The van der Waals surface area contributed by atoms with Crippen molar-refractivity contribution in [1.82, 2.24) is 9.13 Å². The van der Waals surface area contributed by atoms with Crippen LogP contribution in [-0.2, 0) is 6.42 Å². The second-order valence-electron chi connectivity index (χ2n) is 18.1. The van der Waals surface area contributed by atoms with Crippen molar-refractivity contribution in [1.29, 1.82) is 0 Å². The van der Waals surface area contributed by atoms with Gasteiger partial charge in [-0.25, -0.2) is 0 Å². The Morgan fingerprint density at radius 3 is 1.58 bits per heavy atom. The Bertz CT molecular complexity index is 3440. The van der Waals surface area contributed by atoms with Gasteiger partial charge in [-0.05, 0) is 160 Å². The summed E-state index contributed by atoms with van der Waals surface area (Å²) >= 11 is 0. The number of aromatic nitrogens is 2. The molecule has 0 amide bonds. The van der Waals surface area contributed by atoms with Gasteiger partial charge in [0, 0.05) is 78.8 Å². The quantitative estimate of drug-likeness (QED) is 0.135. The number of fused-ring (bicyclic) bond motifs is 6. The Morgan fingerprint density at radius 2 is 0.970 bits per heavy atom. The van der Waals surface area contributed by atoms with Crippen LogP contribution in [0, 0.1) is 13.8 Å². The van der Waals surface area contributed by atoms with Crippen LogP contribution in [0.4, 0.5) is 34.1 Å². The van der Waals surface area contributed by atoms with Crippen molar-refractivity contribution in [2.75, 3.05) is 9.80 Å². The Balaban J connectivity index is 0.900. The second kappa shape index (κ2) is 16.6. The molecule has 4 heteroatoms. The van der Waals surface area contributed by atoms with Gasteiger partial charge in [0.05, 0.1) is 11.0 Å². The molecule has 8 aromatic carbocycles. The van der Waals surface area contributed by atoms with Gasteiger partial charge in [-0.15, -0.1) is 0 Å². The van der Waals surface area contributed by atoms with Crippen LogP contribution in [0.5, 0.6) is 0 Å². The molecule has 0 spiro atoms. The van der Waals surface area contributed by atoms with Crippen molar-refractivity contribution in [2.45, 2.75) is 52.0 Å². The summed E-state index contributed by atoms with van der Waals surface area (Å²) in [6, 6.07) is 69.9. The van der Waals surface area contributed by atoms with Gasteiger partial charge < -0.3 is 18.9 Å². The van der Waals surface area contributed by atoms with E-state index in [0.29, 0.717) is 6.04 Å². The molecule has 0 bridgehead atoms. The summed E-state index contributed by atoms with van der Waals surface area (Å²) in [5.41, 5.74) is 19.5. The molecule has 0 saturated heterocycles. The average molecular weight is 853 g/mol. The molecule has 1 unspecified atom stereocenters. The van der Waals surface area contributed by atoms with Gasteiger partial charge >= 0.3 is 0 Å². The highest BCUT2D eigenvalue weighted by molar-refractivity contribution is 6.10. The molecule has 2 aromatic heterocycles. The Hall–Kier alpha value is -7.82. The van der Waals surface area contributed by atoms with E-state index in [1.54, 1.807) is 0 Å². The summed E-state index contributed by atoms with van der Waals surface area (Å²) in [6.45, 7) is 4.31. The summed E-state index contributed by atoms with van der Waals surface area (Å²) in [5, 5.41) is 3.82. The highest BCUT2D eigenvalue weighted by atomic mass is 15.1. The highest BCUT2D eigenvalue weighted by Gasteiger charge is 2.25. The van der Waals surface area contributed by atoms with Crippen LogP contribution in [0.2, 0.25) is 0 Å². The fraction of sp³-hybridized carbons (Fsp3) is 0.129. The number of rotatable bonds is 9.